The van der Waals surface area contributed by atoms with Crippen LogP contribution in [0.5, 0.6) is 11.5 Å². The highest BCUT2D eigenvalue weighted by Crippen LogP contribution is 2.29. The molecule has 1 atom stereocenters. The van der Waals surface area contributed by atoms with Crippen molar-refractivity contribution in [3.05, 3.63) is 18.2 Å². The molecule has 0 aliphatic rings. The van der Waals surface area contributed by atoms with Crippen LogP contribution in [0.25, 0.3) is 0 Å². The Morgan fingerprint density at radius 2 is 1.92 bits per heavy atom. The molecule has 0 aromatic heterocycles. The fraction of sp³-hybridized carbons (Fsp3) is 0.611. The van der Waals surface area contributed by atoms with Crippen LogP contribution in [0, 0.1) is 5.92 Å². The van der Waals surface area contributed by atoms with Crippen LogP contribution in [0.1, 0.15) is 40.0 Å². The first-order valence-electron chi connectivity index (χ1n) is 8.71. The van der Waals surface area contributed by atoms with Gasteiger partial charge in [-0.1, -0.05) is 13.3 Å². The maximum atomic E-state index is 9.11. The Bertz CT molecular complexity index is 506. The highest BCUT2D eigenvalue weighted by atomic mass is 127. The Balaban J connectivity index is 0.00000576. The van der Waals surface area contributed by atoms with Gasteiger partial charge in [0.2, 0.25) is 0 Å². The van der Waals surface area contributed by atoms with E-state index >= 15 is 0 Å². The molecule has 0 amide bonds. The van der Waals surface area contributed by atoms with E-state index < -0.39 is 0 Å². The number of halogens is 1. The minimum atomic E-state index is 0. The van der Waals surface area contributed by atoms with E-state index in [-0.39, 0.29) is 30.6 Å². The summed E-state index contributed by atoms with van der Waals surface area (Å²) in [4.78, 5) is 4.41. The van der Waals surface area contributed by atoms with Crippen molar-refractivity contribution in [2.45, 2.75) is 40.0 Å². The number of nitrogens with one attached hydrogen (secondary N) is 1. The molecule has 0 heterocycles. The predicted octanol–water partition coefficient (Wildman–Crippen LogP) is 3.63. The number of guanidine groups is 1. The lowest BCUT2D eigenvalue weighted by molar-refractivity contribution is 0.253. The molecule has 25 heavy (non-hydrogen) atoms. The van der Waals surface area contributed by atoms with E-state index in [0.29, 0.717) is 37.4 Å². The number of aliphatic imine (C=N–C) groups is 1. The first-order valence-corrected chi connectivity index (χ1v) is 8.71. The molecule has 1 unspecified atom stereocenters. The fourth-order valence-electron chi connectivity index (χ4n) is 2.47. The number of anilines is 1. The van der Waals surface area contributed by atoms with E-state index in [1.165, 1.54) is 0 Å². The summed E-state index contributed by atoms with van der Waals surface area (Å²) in [5, 5.41) is 12.2. The van der Waals surface area contributed by atoms with Crippen LogP contribution in [0.3, 0.4) is 0 Å². The Labute approximate surface area is 168 Å². The second-order valence-electron chi connectivity index (χ2n) is 5.54. The van der Waals surface area contributed by atoms with Gasteiger partial charge in [-0.15, -0.1) is 24.0 Å². The minimum absolute atomic E-state index is 0. The Morgan fingerprint density at radius 1 is 1.20 bits per heavy atom. The first-order chi connectivity index (χ1) is 11.6. The number of nitrogens with two attached hydrogens (primary N) is 1. The third kappa shape index (κ3) is 9.15. The molecule has 0 fully saturated rings. The van der Waals surface area contributed by atoms with Gasteiger partial charge in [-0.2, -0.15) is 0 Å². The number of ether oxygens (including phenoxy) is 2. The fourth-order valence-corrected chi connectivity index (χ4v) is 2.47. The third-order valence-corrected chi connectivity index (χ3v) is 3.58. The summed E-state index contributed by atoms with van der Waals surface area (Å²) in [5.74, 6) is 2.14. The molecule has 0 spiro atoms. The Kier molecular flexibility index (Phi) is 13.3. The average Bonchev–Trinajstić information content (AvgIpc) is 2.56. The first kappa shape index (κ1) is 23.8. The second-order valence-corrected chi connectivity index (χ2v) is 5.54. The smallest absolute Gasteiger partial charge is 0.193 e. The number of aliphatic hydroxyl groups excluding tert-OH is 1. The van der Waals surface area contributed by atoms with Gasteiger partial charge in [0.1, 0.15) is 11.5 Å². The van der Waals surface area contributed by atoms with Crippen molar-refractivity contribution >= 4 is 35.6 Å². The van der Waals surface area contributed by atoms with Crippen molar-refractivity contribution in [2.75, 3.05) is 31.7 Å². The van der Waals surface area contributed by atoms with Crippen molar-refractivity contribution in [2.24, 2.45) is 16.6 Å². The lowest BCUT2D eigenvalue weighted by Gasteiger charge is -2.15. The van der Waals surface area contributed by atoms with Gasteiger partial charge in [-0.3, -0.25) is 4.99 Å². The SMILES string of the molecule is CCCC(CCO)CN=C(N)Nc1cc(OCC)ccc1OCC.I. The topological polar surface area (TPSA) is 89.1 Å². The van der Waals surface area contributed by atoms with E-state index in [9.17, 15) is 0 Å². The van der Waals surface area contributed by atoms with Crippen molar-refractivity contribution in [1.29, 1.82) is 0 Å². The van der Waals surface area contributed by atoms with Crippen LogP contribution >= 0.6 is 24.0 Å². The van der Waals surface area contributed by atoms with Crippen LogP contribution in [0.2, 0.25) is 0 Å². The quantitative estimate of drug-likeness (QED) is 0.264. The zero-order valence-corrected chi connectivity index (χ0v) is 17.8. The van der Waals surface area contributed by atoms with Crippen LogP contribution in [-0.2, 0) is 0 Å². The average molecular weight is 465 g/mol. The predicted molar refractivity (Wildman–Crippen MR) is 114 cm³/mol. The molecule has 0 aliphatic carbocycles. The summed E-state index contributed by atoms with van der Waals surface area (Å²) in [7, 11) is 0. The summed E-state index contributed by atoms with van der Waals surface area (Å²) in [5.41, 5.74) is 6.75. The molecule has 4 N–H and O–H groups in total. The van der Waals surface area contributed by atoms with Gasteiger partial charge in [0.05, 0.1) is 18.9 Å². The molecule has 1 aromatic carbocycles. The lowest BCUT2D eigenvalue weighted by atomic mass is 10.0. The molecule has 0 aliphatic heterocycles. The van der Waals surface area contributed by atoms with Crippen molar-refractivity contribution in [3.63, 3.8) is 0 Å². The number of nitrogens with zero attached hydrogens (tertiary/aromatic N) is 1. The zero-order chi connectivity index (χ0) is 17.8. The standard InChI is InChI=1S/C18H31N3O3.HI/c1-4-7-14(10-11-22)13-20-18(19)21-16-12-15(23-5-2)8-9-17(16)24-6-3;/h8-9,12,14,22H,4-7,10-11,13H2,1-3H3,(H3,19,20,21);1H. The molecule has 1 aromatic rings. The largest absolute Gasteiger partial charge is 0.494 e. The summed E-state index contributed by atoms with van der Waals surface area (Å²) in [6.07, 6.45) is 2.84. The Morgan fingerprint density at radius 3 is 2.52 bits per heavy atom. The summed E-state index contributed by atoms with van der Waals surface area (Å²) < 4.78 is 11.1. The van der Waals surface area contributed by atoms with Gasteiger partial charge in [0.25, 0.3) is 0 Å². The summed E-state index contributed by atoms with van der Waals surface area (Å²) in [6, 6.07) is 5.58. The van der Waals surface area contributed by atoms with Crippen LogP contribution in [-0.4, -0.2) is 37.4 Å². The number of benzene rings is 1. The highest BCUT2D eigenvalue weighted by molar-refractivity contribution is 14.0. The minimum Gasteiger partial charge on any atom is -0.494 e. The van der Waals surface area contributed by atoms with Gasteiger partial charge in [-0.05, 0) is 44.7 Å². The molecule has 6 nitrogen and oxygen atoms in total. The van der Waals surface area contributed by atoms with Crippen LogP contribution < -0.4 is 20.5 Å². The molecule has 1 rings (SSSR count). The molecule has 7 heteroatoms. The summed E-state index contributed by atoms with van der Waals surface area (Å²) >= 11 is 0. The normalized spacial score (nSPS) is 12.2. The molecule has 144 valence electrons. The number of hydrogen-bond donors (Lipinski definition) is 3. The summed E-state index contributed by atoms with van der Waals surface area (Å²) in [6.45, 7) is 7.94. The monoisotopic (exact) mass is 465 g/mol. The van der Waals surface area contributed by atoms with Gasteiger partial charge >= 0.3 is 0 Å². The maximum Gasteiger partial charge on any atom is 0.193 e. The van der Waals surface area contributed by atoms with Gasteiger partial charge < -0.3 is 25.6 Å². The van der Waals surface area contributed by atoms with Crippen LogP contribution in [0.4, 0.5) is 5.69 Å². The van der Waals surface area contributed by atoms with E-state index in [2.05, 4.69) is 17.2 Å². The number of rotatable bonds is 11. The van der Waals surface area contributed by atoms with Gasteiger partial charge in [0.15, 0.2) is 5.96 Å². The Hall–Kier alpha value is -1.22. The van der Waals surface area contributed by atoms with Crippen molar-refractivity contribution in [1.82, 2.24) is 0 Å². The highest BCUT2D eigenvalue weighted by Gasteiger charge is 2.09. The molecule has 0 radical (unpaired) electrons. The lowest BCUT2D eigenvalue weighted by Crippen LogP contribution is -2.24. The van der Waals surface area contributed by atoms with Gasteiger partial charge in [-0.25, -0.2) is 0 Å². The molecule has 0 saturated carbocycles. The van der Waals surface area contributed by atoms with Crippen LogP contribution in [0.15, 0.2) is 23.2 Å². The third-order valence-electron chi connectivity index (χ3n) is 3.58. The van der Waals surface area contributed by atoms with E-state index in [0.717, 1.165) is 30.7 Å². The number of aliphatic hydroxyl groups is 1. The van der Waals surface area contributed by atoms with Gasteiger partial charge in [0, 0.05) is 19.2 Å². The van der Waals surface area contributed by atoms with E-state index in [4.69, 9.17) is 20.3 Å². The second kappa shape index (κ2) is 14.0. The molecule has 0 bridgehead atoms. The molecule has 0 saturated heterocycles. The van der Waals surface area contributed by atoms with E-state index in [1.54, 1.807) is 0 Å². The molecular weight excluding hydrogens is 433 g/mol. The van der Waals surface area contributed by atoms with E-state index in [1.807, 2.05) is 32.0 Å². The number of hydrogen-bond acceptors (Lipinski definition) is 4. The van der Waals surface area contributed by atoms with Crippen molar-refractivity contribution in [3.8, 4) is 11.5 Å². The molecular formula is C18H32IN3O3. The maximum absolute atomic E-state index is 9.11. The van der Waals surface area contributed by atoms with Crippen molar-refractivity contribution < 1.29 is 14.6 Å². The zero-order valence-electron chi connectivity index (χ0n) is 15.5.